The molecule has 0 atom stereocenters. The number of carbonyl (C=O) groups excluding carboxylic acids is 2. The first-order chi connectivity index (χ1) is 8.88. The Kier molecular flexibility index (Phi) is 8.07. The molecule has 0 saturated heterocycles. The third-order valence-corrected chi connectivity index (χ3v) is 2.35. The van der Waals surface area contributed by atoms with Crippen LogP contribution in [-0.2, 0) is 4.79 Å². The molecule has 0 heterocycles. The van der Waals surface area contributed by atoms with Gasteiger partial charge in [0.25, 0.3) is 0 Å². The van der Waals surface area contributed by atoms with Crippen molar-refractivity contribution < 1.29 is 19.5 Å². The number of carboxylic acids is 1. The average molecular weight is 274 g/mol. The maximum Gasteiger partial charge on any atom is 0.317 e. The van der Waals surface area contributed by atoms with Gasteiger partial charge in [0, 0.05) is 40.3 Å². The average Bonchev–Trinajstić information content (AvgIpc) is 2.34. The van der Waals surface area contributed by atoms with Crippen molar-refractivity contribution in [1.82, 2.24) is 20.4 Å². The van der Waals surface area contributed by atoms with Crippen LogP contribution in [0.5, 0.6) is 0 Å². The van der Waals surface area contributed by atoms with E-state index >= 15 is 0 Å². The van der Waals surface area contributed by atoms with Crippen LogP contribution in [0, 0.1) is 0 Å². The molecule has 0 bridgehead atoms. The summed E-state index contributed by atoms with van der Waals surface area (Å²) in [5.41, 5.74) is 0. The van der Waals surface area contributed by atoms with Crippen LogP contribution in [0.15, 0.2) is 0 Å². The Labute approximate surface area is 112 Å². The predicted octanol–water partition coefficient (Wildman–Crippen LogP) is -0.236. The number of nitrogens with one attached hydrogen (secondary N) is 2. The van der Waals surface area contributed by atoms with E-state index in [1.54, 1.807) is 21.0 Å². The number of aliphatic carboxylic acids is 1. The summed E-state index contributed by atoms with van der Waals surface area (Å²) in [6, 6.07) is -0.560. The molecule has 0 spiro atoms. The second-order valence-corrected chi connectivity index (χ2v) is 4.08. The molecule has 0 rings (SSSR count). The quantitative estimate of drug-likeness (QED) is 0.558. The summed E-state index contributed by atoms with van der Waals surface area (Å²) in [5.74, 6) is -0.940. The van der Waals surface area contributed by atoms with Gasteiger partial charge in [-0.15, -0.1) is 0 Å². The summed E-state index contributed by atoms with van der Waals surface area (Å²) in [5, 5.41) is 13.8. The van der Waals surface area contributed by atoms with E-state index in [9.17, 15) is 14.4 Å². The van der Waals surface area contributed by atoms with Crippen molar-refractivity contribution in [3.8, 4) is 0 Å². The molecule has 0 fully saturated rings. The van der Waals surface area contributed by atoms with Crippen LogP contribution in [-0.4, -0.2) is 73.2 Å². The Morgan fingerprint density at radius 1 is 1.05 bits per heavy atom. The van der Waals surface area contributed by atoms with E-state index in [0.29, 0.717) is 19.6 Å². The highest BCUT2D eigenvalue weighted by molar-refractivity contribution is 5.75. The first-order valence-corrected chi connectivity index (χ1v) is 6.08. The minimum Gasteiger partial charge on any atom is -0.481 e. The minimum atomic E-state index is -0.940. The monoisotopic (exact) mass is 274 g/mol. The Morgan fingerprint density at radius 2 is 1.58 bits per heavy atom. The summed E-state index contributed by atoms with van der Waals surface area (Å²) in [4.78, 5) is 36.1. The number of carboxylic acid groups (broad SMARTS) is 1. The van der Waals surface area contributed by atoms with Crippen molar-refractivity contribution in [2.45, 2.75) is 13.3 Å². The molecule has 19 heavy (non-hydrogen) atoms. The van der Waals surface area contributed by atoms with Crippen molar-refractivity contribution in [2.24, 2.45) is 0 Å². The molecular formula is C11H22N4O4. The zero-order chi connectivity index (χ0) is 14.8. The number of rotatable bonds is 7. The number of hydrogen-bond donors (Lipinski definition) is 3. The number of nitrogens with zero attached hydrogens (tertiary/aromatic N) is 2. The maximum atomic E-state index is 11.7. The molecule has 0 aliphatic rings. The van der Waals surface area contributed by atoms with Crippen molar-refractivity contribution >= 4 is 18.0 Å². The summed E-state index contributed by atoms with van der Waals surface area (Å²) in [7, 11) is 3.25. The van der Waals surface area contributed by atoms with Gasteiger partial charge in [0.15, 0.2) is 0 Å². The Morgan fingerprint density at radius 3 is 2.00 bits per heavy atom. The second-order valence-electron chi connectivity index (χ2n) is 4.08. The molecule has 0 aromatic heterocycles. The lowest BCUT2D eigenvalue weighted by Crippen LogP contribution is -2.44. The molecule has 0 aromatic rings. The van der Waals surface area contributed by atoms with E-state index in [-0.39, 0.29) is 25.0 Å². The fourth-order valence-corrected chi connectivity index (χ4v) is 1.24. The van der Waals surface area contributed by atoms with Crippen LogP contribution in [0.25, 0.3) is 0 Å². The molecule has 110 valence electrons. The van der Waals surface area contributed by atoms with Gasteiger partial charge in [0.2, 0.25) is 0 Å². The van der Waals surface area contributed by atoms with E-state index in [2.05, 4.69) is 10.6 Å². The summed E-state index contributed by atoms with van der Waals surface area (Å²) in [6.07, 6.45) is -0.0847. The second kappa shape index (κ2) is 9.01. The molecule has 0 aromatic carbocycles. The summed E-state index contributed by atoms with van der Waals surface area (Å²) < 4.78 is 0. The van der Waals surface area contributed by atoms with Gasteiger partial charge in [-0.05, 0) is 6.92 Å². The molecule has 0 saturated carbocycles. The molecule has 3 N–H and O–H groups in total. The standard InChI is InChI=1S/C11H22N4O4/c1-4-15(8-5-9(16)17)11(19)13-7-6-12-10(18)14(2)3/h4-8H2,1-3H3,(H,12,18)(H,13,19)(H,16,17). The zero-order valence-corrected chi connectivity index (χ0v) is 11.6. The highest BCUT2D eigenvalue weighted by Crippen LogP contribution is 1.92. The van der Waals surface area contributed by atoms with Crippen LogP contribution in [0.2, 0.25) is 0 Å². The lowest BCUT2D eigenvalue weighted by atomic mass is 10.4. The topological polar surface area (TPSA) is 102 Å². The first-order valence-electron chi connectivity index (χ1n) is 6.08. The Balaban J connectivity index is 3.88. The zero-order valence-electron chi connectivity index (χ0n) is 11.6. The molecule has 0 aliphatic carbocycles. The fourth-order valence-electron chi connectivity index (χ4n) is 1.24. The third kappa shape index (κ3) is 7.85. The van der Waals surface area contributed by atoms with E-state index in [1.165, 1.54) is 9.80 Å². The van der Waals surface area contributed by atoms with Crippen LogP contribution in [0.1, 0.15) is 13.3 Å². The van der Waals surface area contributed by atoms with Gasteiger partial charge in [-0.1, -0.05) is 0 Å². The van der Waals surface area contributed by atoms with Crippen LogP contribution in [0.3, 0.4) is 0 Å². The lowest BCUT2D eigenvalue weighted by molar-refractivity contribution is -0.137. The SMILES string of the molecule is CCN(CCC(=O)O)C(=O)NCCNC(=O)N(C)C. The Hall–Kier alpha value is -1.99. The Bertz CT molecular complexity index is 320. The number of carbonyl (C=O) groups is 3. The van der Waals surface area contributed by atoms with Gasteiger partial charge in [-0.25, -0.2) is 9.59 Å². The van der Waals surface area contributed by atoms with Crippen LogP contribution >= 0.6 is 0 Å². The van der Waals surface area contributed by atoms with Crippen molar-refractivity contribution in [2.75, 3.05) is 40.3 Å². The molecule has 0 unspecified atom stereocenters. The van der Waals surface area contributed by atoms with Crippen LogP contribution < -0.4 is 10.6 Å². The third-order valence-electron chi connectivity index (χ3n) is 2.35. The fraction of sp³-hybridized carbons (Fsp3) is 0.727. The van der Waals surface area contributed by atoms with Crippen LogP contribution in [0.4, 0.5) is 9.59 Å². The summed E-state index contributed by atoms with van der Waals surface area (Å²) >= 11 is 0. The normalized spacial score (nSPS) is 9.63. The highest BCUT2D eigenvalue weighted by Gasteiger charge is 2.12. The van der Waals surface area contributed by atoms with E-state index in [1.807, 2.05) is 0 Å². The van der Waals surface area contributed by atoms with E-state index < -0.39 is 5.97 Å². The van der Waals surface area contributed by atoms with Gasteiger partial charge >= 0.3 is 18.0 Å². The number of urea groups is 2. The van der Waals surface area contributed by atoms with Gasteiger partial charge < -0.3 is 25.5 Å². The lowest BCUT2D eigenvalue weighted by Gasteiger charge is -2.20. The van der Waals surface area contributed by atoms with Gasteiger partial charge in [0.1, 0.15) is 0 Å². The molecule has 4 amide bonds. The predicted molar refractivity (Wildman–Crippen MR) is 70.0 cm³/mol. The van der Waals surface area contributed by atoms with Gasteiger partial charge in [0.05, 0.1) is 6.42 Å². The largest absolute Gasteiger partial charge is 0.481 e. The van der Waals surface area contributed by atoms with E-state index in [0.717, 1.165) is 0 Å². The van der Waals surface area contributed by atoms with E-state index in [4.69, 9.17) is 5.11 Å². The minimum absolute atomic E-state index is 0.0847. The van der Waals surface area contributed by atoms with Crippen molar-refractivity contribution in [3.05, 3.63) is 0 Å². The highest BCUT2D eigenvalue weighted by atomic mass is 16.4. The maximum absolute atomic E-state index is 11.7. The van der Waals surface area contributed by atoms with Gasteiger partial charge in [-0.3, -0.25) is 4.79 Å². The smallest absolute Gasteiger partial charge is 0.317 e. The molecule has 0 radical (unpaired) electrons. The number of hydrogen-bond acceptors (Lipinski definition) is 3. The first kappa shape index (κ1) is 17.0. The molecule has 8 heteroatoms. The molecular weight excluding hydrogens is 252 g/mol. The summed E-state index contributed by atoms with van der Waals surface area (Å²) in [6.45, 7) is 2.99. The van der Waals surface area contributed by atoms with Gasteiger partial charge in [-0.2, -0.15) is 0 Å². The van der Waals surface area contributed by atoms with Crippen molar-refractivity contribution in [1.29, 1.82) is 0 Å². The molecule has 0 aliphatic heterocycles. The number of amides is 4. The molecule has 8 nitrogen and oxygen atoms in total. The van der Waals surface area contributed by atoms with Crippen molar-refractivity contribution in [3.63, 3.8) is 0 Å².